The van der Waals surface area contributed by atoms with Gasteiger partial charge in [-0.2, -0.15) is 13.2 Å². The molecule has 0 bridgehead atoms. The number of para-hydroxylation sites is 1. The molecule has 0 aliphatic rings. The van der Waals surface area contributed by atoms with Gasteiger partial charge in [0.1, 0.15) is 5.75 Å². The summed E-state index contributed by atoms with van der Waals surface area (Å²) in [7, 11) is 0. The van der Waals surface area contributed by atoms with E-state index in [4.69, 9.17) is 16.3 Å². The number of halogens is 4. The van der Waals surface area contributed by atoms with Crippen LogP contribution in [0.2, 0.25) is 5.02 Å². The van der Waals surface area contributed by atoms with Crippen LogP contribution in [0.5, 0.6) is 5.75 Å². The molecule has 0 aromatic heterocycles. The Bertz CT molecular complexity index is 870. The van der Waals surface area contributed by atoms with Gasteiger partial charge in [-0.1, -0.05) is 29.8 Å². The molecule has 0 aliphatic heterocycles. The second-order valence-electron chi connectivity index (χ2n) is 6.10. The van der Waals surface area contributed by atoms with Crippen molar-refractivity contribution in [3.63, 3.8) is 0 Å². The Morgan fingerprint density at radius 2 is 1.79 bits per heavy atom. The first-order chi connectivity index (χ1) is 13.1. The molecule has 2 aromatic carbocycles. The summed E-state index contributed by atoms with van der Waals surface area (Å²) in [6.45, 7) is 3.70. The summed E-state index contributed by atoms with van der Waals surface area (Å²) in [5.41, 5.74) is -0.651. The average Bonchev–Trinajstić information content (AvgIpc) is 2.61. The van der Waals surface area contributed by atoms with Crippen LogP contribution in [0.1, 0.15) is 25.0 Å². The maximum Gasteiger partial charge on any atom is 0.416 e. The SMILES string of the molecule is CC(C)Oc1ccccc1CNC(=O)C(=O)Nc1cc(C(F)(F)F)ccc1Cl. The van der Waals surface area contributed by atoms with Gasteiger partial charge < -0.3 is 15.4 Å². The highest BCUT2D eigenvalue weighted by Gasteiger charge is 2.31. The lowest BCUT2D eigenvalue weighted by Gasteiger charge is -2.15. The van der Waals surface area contributed by atoms with E-state index in [1.54, 1.807) is 24.3 Å². The molecular formula is C19H18ClF3N2O3. The van der Waals surface area contributed by atoms with Crippen LogP contribution >= 0.6 is 11.6 Å². The average molecular weight is 415 g/mol. The van der Waals surface area contributed by atoms with Crippen LogP contribution in [0.4, 0.5) is 18.9 Å². The third-order valence-electron chi connectivity index (χ3n) is 3.52. The third-order valence-corrected chi connectivity index (χ3v) is 3.85. The number of hydrogen-bond donors (Lipinski definition) is 2. The Kier molecular flexibility index (Phi) is 6.90. The number of amides is 2. The van der Waals surface area contributed by atoms with Gasteiger partial charge in [-0.15, -0.1) is 0 Å². The molecular weight excluding hydrogens is 397 g/mol. The number of alkyl halides is 3. The van der Waals surface area contributed by atoms with Crippen molar-refractivity contribution >= 4 is 29.1 Å². The van der Waals surface area contributed by atoms with Crippen molar-refractivity contribution in [2.45, 2.75) is 32.7 Å². The van der Waals surface area contributed by atoms with Gasteiger partial charge in [0.2, 0.25) is 0 Å². The molecule has 0 atom stereocenters. The largest absolute Gasteiger partial charge is 0.491 e. The van der Waals surface area contributed by atoms with Crippen LogP contribution < -0.4 is 15.4 Å². The number of hydrogen-bond acceptors (Lipinski definition) is 3. The van der Waals surface area contributed by atoms with Crippen molar-refractivity contribution in [1.82, 2.24) is 5.32 Å². The highest BCUT2D eigenvalue weighted by atomic mass is 35.5. The lowest BCUT2D eigenvalue weighted by atomic mass is 10.2. The van der Waals surface area contributed by atoms with Crippen molar-refractivity contribution in [3.8, 4) is 5.75 Å². The van der Waals surface area contributed by atoms with E-state index in [1.807, 2.05) is 13.8 Å². The van der Waals surface area contributed by atoms with E-state index in [1.165, 1.54) is 0 Å². The van der Waals surface area contributed by atoms with Crippen LogP contribution in [-0.2, 0) is 22.3 Å². The lowest BCUT2D eigenvalue weighted by Crippen LogP contribution is -2.35. The van der Waals surface area contributed by atoms with E-state index >= 15 is 0 Å². The van der Waals surface area contributed by atoms with Crippen LogP contribution in [0, 0.1) is 0 Å². The zero-order valence-corrected chi connectivity index (χ0v) is 15.8. The van der Waals surface area contributed by atoms with E-state index in [-0.39, 0.29) is 23.4 Å². The topological polar surface area (TPSA) is 67.4 Å². The molecule has 0 spiro atoms. The normalized spacial score (nSPS) is 11.2. The Morgan fingerprint density at radius 3 is 2.43 bits per heavy atom. The van der Waals surface area contributed by atoms with Gasteiger partial charge in [0.05, 0.1) is 22.4 Å². The summed E-state index contributed by atoms with van der Waals surface area (Å²) >= 11 is 5.81. The number of nitrogens with one attached hydrogen (secondary N) is 2. The minimum absolute atomic E-state index is 0.00543. The van der Waals surface area contributed by atoms with Gasteiger partial charge in [0.15, 0.2) is 0 Å². The molecule has 150 valence electrons. The molecule has 0 heterocycles. The number of ether oxygens (including phenoxy) is 1. The van der Waals surface area contributed by atoms with Gasteiger partial charge in [-0.05, 0) is 38.1 Å². The van der Waals surface area contributed by atoms with Gasteiger partial charge >= 0.3 is 18.0 Å². The summed E-state index contributed by atoms with van der Waals surface area (Å²) in [5.74, 6) is -1.60. The van der Waals surface area contributed by atoms with E-state index < -0.39 is 23.6 Å². The summed E-state index contributed by atoms with van der Waals surface area (Å²) < 4.78 is 44.0. The second-order valence-corrected chi connectivity index (χ2v) is 6.51. The molecule has 0 aliphatic carbocycles. The van der Waals surface area contributed by atoms with Crippen molar-refractivity contribution in [2.75, 3.05) is 5.32 Å². The fourth-order valence-electron chi connectivity index (χ4n) is 2.25. The van der Waals surface area contributed by atoms with E-state index in [0.717, 1.165) is 12.1 Å². The molecule has 2 amide bonds. The summed E-state index contributed by atoms with van der Waals surface area (Å²) in [6.07, 6.45) is -4.69. The van der Waals surface area contributed by atoms with Crippen LogP contribution in [0.3, 0.4) is 0 Å². The van der Waals surface area contributed by atoms with Gasteiger partial charge in [-0.3, -0.25) is 9.59 Å². The van der Waals surface area contributed by atoms with E-state index in [2.05, 4.69) is 10.6 Å². The molecule has 2 aromatic rings. The molecule has 0 fully saturated rings. The molecule has 28 heavy (non-hydrogen) atoms. The summed E-state index contributed by atoms with van der Waals surface area (Å²) in [6, 6.07) is 9.41. The Morgan fingerprint density at radius 1 is 1.11 bits per heavy atom. The minimum Gasteiger partial charge on any atom is -0.491 e. The van der Waals surface area contributed by atoms with Crippen molar-refractivity contribution in [2.24, 2.45) is 0 Å². The summed E-state index contributed by atoms with van der Waals surface area (Å²) in [4.78, 5) is 24.0. The molecule has 2 rings (SSSR count). The van der Waals surface area contributed by atoms with Gasteiger partial charge in [0.25, 0.3) is 0 Å². The minimum atomic E-state index is -4.60. The highest BCUT2D eigenvalue weighted by molar-refractivity contribution is 6.41. The second kappa shape index (κ2) is 8.97. The number of carbonyl (C=O) groups excluding carboxylic acids is 2. The van der Waals surface area contributed by atoms with Crippen molar-refractivity contribution in [3.05, 3.63) is 58.6 Å². The number of rotatable bonds is 5. The van der Waals surface area contributed by atoms with Crippen LogP contribution in [-0.4, -0.2) is 17.9 Å². The fraction of sp³-hybridized carbons (Fsp3) is 0.263. The van der Waals surface area contributed by atoms with Gasteiger partial charge in [0, 0.05) is 12.1 Å². The van der Waals surface area contributed by atoms with Gasteiger partial charge in [-0.25, -0.2) is 0 Å². The van der Waals surface area contributed by atoms with Crippen molar-refractivity contribution < 1.29 is 27.5 Å². The quantitative estimate of drug-likeness (QED) is 0.712. The number of anilines is 1. The first kappa shape index (κ1) is 21.6. The maximum absolute atomic E-state index is 12.8. The molecule has 2 N–H and O–H groups in total. The first-order valence-corrected chi connectivity index (χ1v) is 8.66. The molecule has 5 nitrogen and oxygen atoms in total. The zero-order chi connectivity index (χ0) is 20.9. The Labute approximate surface area is 164 Å². The van der Waals surface area contributed by atoms with E-state index in [9.17, 15) is 22.8 Å². The predicted octanol–water partition coefficient (Wildman–Crippen LogP) is 4.40. The molecule has 0 saturated heterocycles. The lowest BCUT2D eigenvalue weighted by molar-refractivity contribution is -0.137. The molecule has 0 saturated carbocycles. The Hall–Kier alpha value is -2.74. The monoisotopic (exact) mass is 414 g/mol. The summed E-state index contributed by atoms with van der Waals surface area (Å²) in [5, 5.41) is 4.37. The first-order valence-electron chi connectivity index (χ1n) is 8.28. The molecule has 0 unspecified atom stereocenters. The van der Waals surface area contributed by atoms with Crippen LogP contribution in [0.15, 0.2) is 42.5 Å². The van der Waals surface area contributed by atoms with Crippen LogP contribution in [0.25, 0.3) is 0 Å². The van der Waals surface area contributed by atoms with Crippen molar-refractivity contribution in [1.29, 1.82) is 0 Å². The number of benzene rings is 2. The maximum atomic E-state index is 12.8. The third kappa shape index (κ3) is 5.88. The number of carbonyl (C=O) groups is 2. The predicted molar refractivity (Wildman–Crippen MR) is 99.1 cm³/mol. The Balaban J connectivity index is 2.04. The molecule has 9 heteroatoms. The zero-order valence-electron chi connectivity index (χ0n) is 15.1. The molecule has 0 radical (unpaired) electrons. The smallest absolute Gasteiger partial charge is 0.416 e. The fourth-order valence-corrected chi connectivity index (χ4v) is 2.42. The highest BCUT2D eigenvalue weighted by Crippen LogP contribution is 2.33. The van der Waals surface area contributed by atoms with E-state index in [0.29, 0.717) is 17.4 Å². The standard InChI is InChI=1S/C19H18ClF3N2O3/c1-11(2)28-16-6-4-3-5-12(16)10-24-17(26)18(27)25-15-9-13(19(21,22)23)7-8-14(15)20/h3-9,11H,10H2,1-2H3,(H,24,26)(H,25,27).